The highest BCUT2D eigenvalue weighted by molar-refractivity contribution is 5.86. The van der Waals surface area contributed by atoms with E-state index in [9.17, 15) is 9.59 Å². The molecule has 5 heteroatoms. The van der Waals surface area contributed by atoms with Crippen LogP contribution in [0.3, 0.4) is 0 Å². The molecular weight excluding hydrogens is 246 g/mol. The first-order valence-corrected chi connectivity index (χ1v) is 7.30. The van der Waals surface area contributed by atoms with Gasteiger partial charge in [-0.25, -0.2) is 0 Å². The number of rotatable bonds is 7. The van der Waals surface area contributed by atoms with Crippen molar-refractivity contribution >= 4 is 11.9 Å². The summed E-state index contributed by atoms with van der Waals surface area (Å²) in [5.74, 6) is -1.77. The number of nitrogens with one attached hydrogen (secondary N) is 1. The summed E-state index contributed by atoms with van der Waals surface area (Å²) in [6.45, 7) is 1.26. The Labute approximate surface area is 113 Å². The first-order valence-electron chi connectivity index (χ1n) is 7.30. The Morgan fingerprint density at radius 1 is 1.11 bits per heavy atom. The van der Waals surface area contributed by atoms with Crippen molar-refractivity contribution in [3.63, 3.8) is 0 Å². The van der Waals surface area contributed by atoms with Crippen molar-refractivity contribution in [3.05, 3.63) is 0 Å². The molecule has 19 heavy (non-hydrogen) atoms. The van der Waals surface area contributed by atoms with E-state index < -0.39 is 11.9 Å². The van der Waals surface area contributed by atoms with Crippen molar-refractivity contribution in [1.82, 2.24) is 5.32 Å². The van der Waals surface area contributed by atoms with Gasteiger partial charge in [-0.3, -0.25) is 9.59 Å². The smallest absolute Gasteiger partial charge is 0.307 e. The highest BCUT2D eigenvalue weighted by Crippen LogP contribution is 2.34. The molecule has 5 nitrogen and oxygen atoms in total. The molecule has 2 fully saturated rings. The predicted octanol–water partition coefficient (Wildman–Crippen LogP) is 1.56. The van der Waals surface area contributed by atoms with Crippen molar-refractivity contribution < 1.29 is 19.4 Å². The largest absolute Gasteiger partial charge is 0.481 e. The molecule has 1 amide bonds. The second kappa shape index (κ2) is 6.89. The second-order valence-corrected chi connectivity index (χ2v) is 5.55. The average Bonchev–Trinajstić information content (AvgIpc) is 2.79. The Bertz CT molecular complexity index is 325. The number of hydrogen-bond acceptors (Lipinski definition) is 3. The molecular formula is C14H23NO4. The number of hydrogen-bond donors (Lipinski definition) is 2. The molecule has 0 aromatic carbocycles. The zero-order valence-electron chi connectivity index (χ0n) is 11.3. The number of amides is 1. The fraction of sp³-hybridized carbons (Fsp3) is 0.857. The van der Waals surface area contributed by atoms with E-state index in [0.717, 1.165) is 19.3 Å². The van der Waals surface area contributed by atoms with Crippen molar-refractivity contribution in [2.24, 2.45) is 11.8 Å². The molecule has 2 N–H and O–H groups in total. The van der Waals surface area contributed by atoms with Gasteiger partial charge in [-0.1, -0.05) is 12.8 Å². The zero-order chi connectivity index (χ0) is 13.7. The van der Waals surface area contributed by atoms with E-state index >= 15 is 0 Å². The molecule has 2 rings (SSSR count). The quantitative estimate of drug-likeness (QED) is 0.688. The van der Waals surface area contributed by atoms with Gasteiger partial charge in [-0.2, -0.15) is 0 Å². The van der Waals surface area contributed by atoms with Crippen LogP contribution in [0.5, 0.6) is 0 Å². The molecule has 0 heterocycles. The molecule has 0 saturated heterocycles. The van der Waals surface area contributed by atoms with Gasteiger partial charge in [0.25, 0.3) is 0 Å². The van der Waals surface area contributed by atoms with E-state index in [1.165, 1.54) is 12.8 Å². The first kappa shape index (κ1) is 14.3. The second-order valence-electron chi connectivity index (χ2n) is 5.55. The summed E-state index contributed by atoms with van der Waals surface area (Å²) >= 11 is 0. The van der Waals surface area contributed by atoms with Crippen LogP contribution in [-0.4, -0.2) is 36.2 Å². The van der Waals surface area contributed by atoms with E-state index in [4.69, 9.17) is 9.84 Å². The van der Waals surface area contributed by atoms with Crippen LogP contribution in [0.25, 0.3) is 0 Å². The third-order valence-corrected chi connectivity index (χ3v) is 4.20. The molecule has 0 bridgehead atoms. The number of ether oxygens (including phenoxy) is 1. The van der Waals surface area contributed by atoms with Crippen molar-refractivity contribution in [1.29, 1.82) is 0 Å². The number of carbonyl (C=O) groups is 2. The van der Waals surface area contributed by atoms with Gasteiger partial charge in [-0.15, -0.1) is 0 Å². The van der Waals surface area contributed by atoms with Crippen molar-refractivity contribution in [2.45, 2.75) is 51.0 Å². The van der Waals surface area contributed by atoms with Gasteiger partial charge in [0.2, 0.25) is 5.91 Å². The highest BCUT2D eigenvalue weighted by atomic mass is 16.5. The Morgan fingerprint density at radius 3 is 2.37 bits per heavy atom. The van der Waals surface area contributed by atoms with Gasteiger partial charge in [0, 0.05) is 13.2 Å². The van der Waals surface area contributed by atoms with Crippen LogP contribution in [0, 0.1) is 11.8 Å². The van der Waals surface area contributed by atoms with Crippen LogP contribution in [-0.2, 0) is 14.3 Å². The molecule has 2 aliphatic rings. The molecule has 108 valence electrons. The van der Waals surface area contributed by atoms with E-state index in [2.05, 4.69) is 5.32 Å². The molecule has 2 unspecified atom stereocenters. The normalized spacial score (nSPS) is 26.9. The van der Waals surface area contributed by atoms with Gasteiger partial charge in [0.1, 0.15) is 0 Å². The Morgan fingerprint density at radius 2 is 1.79 bits per heavy atom. The minimum absolute atomic E-state index is 0.112. The standard InChI is InChI=1S/C14H23NO4/c16-13(11-6-7-12(11)14(17)18)15-8-3-9-19-10-4-1-2-5-10/h10-12H,1-9H2,(H,15,16)(H,17,18). The number of aliphatic carboxylic acids is 1. The maximum absolute atomic E-state index is 11.7. The molecule has 2 saturated carbocycles. The van der Waals surface area contributed by atoms with Crippen LogP contribution >= 0.6 is 0 Å². The fourth-order valence-electron chi connectivity index (χ4n) is 2.83. The molecule has 2 atom stereocenters. The molecule has 2 aliphatic carbocycles. The summed E-state index contributed by atoms with van der Waals surface area (Å²) in [6, 6.07) is 0. The number of carbonyl (C=O) groups excluding carboxylic acids is 1. The summed E-state index contributed by atoms with van der Waals surface area (Å²) in [5, 5.41) is 11.7. The van der Waals surface area contributed by atoms with Gasteiger partial charge >= 0.3 is 5.97 Å². The SMILES string of the molecule is O=C(O)C1CCC1C(=O)NCCCOC1CCCC1. The summed E-state index contributed by atoms with van der Waals surface area (Å²) in [5.41, 5.74) is 0. The Kier molecular flexibility index (Phi) is 5.19. The summed E-state index contributed by atoms with van der Waals surface area (Å²) in [4.78, 5) is 22.6. The fourth-order valence-corrected chi connectivity index (χ4v) is 2.83. The lowest BCUT2D eigenvalue weighted by Crippen LogP contribution is -2.44. The van der Waals surface area contributed by atoms with E-state index in [1.807, 2.05) is 0 Å². The summed E-state index contributed by atoms with van der Waals surface area (Å²) in [7, 11) is 0. The summed E-state index contributed by atoms with van der Waals surface area (Å²) in [6.07, 6.45) is 7.38. The van der Waals surface area contributed by atoms with Crippen LogP contribution in [0.15, 0.2) is 0 Å². The van der Waals surface area contributed by atoms with Crippen molar-refractivity contribution in [3.8, 4) is 0 Å². The molecule has 0 aromatic rings. The van der Waals surface area contributed by atoms with Gasteiger partial charge in [0.15, 0.2) is 0 Å². The van der Waals surface area contributed by atoms with E-state index in [0.29, 0.717) is 32.1 Å². The van der Waals surface area contributed by atoms with Gasteiger partial charge < -0.3 is 15.2 Å². The lowest BCUT2D eigenvalue weighted by Gasteiger charge is -2.31. The third kappa shape index (κ3) is 3.93. The van der Waals surface area contributed by atoms with Crippen LogP contribution in [0.2, 0.25) is 0 Å². The number of carboxylic acid groups (broad SMARTS) is 1. The Hall–Kier alpha value is -1.10. The Balaban J connectivity index is 1.53. The van der Waals surface area contributed by atoms with Gasteiger partial charge in [-0.05, 0) is 32.1 Å². The third-order valence-electron chi connectivity index (χ3n) is 4.20. The van der Waals surface area contributed by atoms with Gasteiger partial charge in [0.05, 0.1) is 17.9 Å². The monoisotopic (exact) mass is 269 g/mol. The lowest BCUT2D eigenvalue weighted by molar-refractivity contribution is -0.152. The lowest BCUT2D eigenvalue weighted by atomic mass is 9.73. The highest BCUT2D eigenvalue weighted by Gasteiger charge is 2.41. The maximum atomic E-state index is 11.7. The average molecular weight is 269 g/mol. The topological polar surface area (TPSA) is 75.6 Å². The zero-order valence-corrected chi connectivity index (χ0v) is 11.3. The van der Waals surface area contributed by atoms with Crippen LogP contribution < -0.4 is 5.32 Å². The van der Waals surface area contributed by atoms with Crippen LogP contribution in [0.4, 0.5) is 0 Å². The maximum Gasteiger partial charge on any atom is 0.307 e. The minimum atomic E-state index is -0.851. The summed E-state index contributed by atoms with van der Waals surface area (Å²) < 4.78 is 5.70. The number of carboxylic acids is 1. The molecule has 0 radical (unpaired) electrons. The molecule has 0 aromatic heterocycles. The van der Waals surface area contributed by atoms with Crippen LogP contribution in [0.1, 0.15) is 44.9 Å². The molecule has 0 aliphatic heterocycles. The minimum Gasteiger partial charge on any atom is -0.481 e. The first-order chi connectivity index (χ1) is 9.18. The van der Waals surface area contributed by atoms with E-state index in [-0.39, 0.29) is 11.8 Å². The molecule has 0 spiro atoms. The van der Waals surface area contributed by atoms with Crippen molar-refractivity contribution in [2.75, 3.05) is 13.2 Å². The predicted molar refractivity (Wildman–Crippen MR) is 69.7 cm³/mol. The van der Waals surface area contributed by atoms with E-state index in [1.54, 1.807) is 0 Å².